The molecule has 1 N–H and O–H groups in total. The fourth-order valence-corrected chi connectivity index (χ4v) is 4.03. The van der Waals surface area contributed by atoms with E-state index in [1.165, 1.54) is 10.6 Å². The molecule has 4 nitrogen and oxygen atoms in total. The first-order valence-electron chi connectivity index (χ1n) is 7.36. The summed E-state index contributed by atoms with van der Waals surface area (Å²) in [6.07, 6.45) is 0. The zero-order chi connectivity index (χ0) is 15.8. The molecule has 0 amide bonds. The van der Waals surface area contributed by atoms with Gasteiger partial charge in [0.2, 0.25) is 0 Å². The fraction of sp³-hybridized carbons (Fsp3) is 0.176. The van der Waals surface area contributed by atoms with Crippen molar-refractivity contribution in [3.05, 3.63) is 63.7 Å². The van der Waals surface area contributed by atoms with Crippen LogP contribution in [0.5, 0.6) is 0 Å². The van der Waals surface area contributed by atoms with E-state index in [0.29, 0.717) is 28.3 Å². The first kappa shape index (κ1) is 14.6. The lowest BCUT2D eigenvalue weighted by Gasteiger charge is -2.30. The summed E-state index contributed by atoms with van der Waals surface area (Å²) in [5.41, 5.74) is 1.70. The molecule has 0 fully saturated rings. The number of nitrogens with one attached hydrogen (secondary N) is 1. The number of thioether (sulfide) groups is 1. The van der Waals surface area contributed by atoms with Gasteiger partial charge >= 0.3 is 0 Å². The number of halogens is 1. The van der Waals surface area contributed by atoms with Gasteiger partial charge in [-0.3, -0.25) is 4.79 Å². The highest BCUT2D eigenvalue weighted by Gasteiger charge is 2.18. The second-order valence-corrected chi connectivity index (χ2v) is 6.99. The van der Waals surface area contributed by atoms with Crippen LogP contribution in [0.15, 0.2) is 52.2 Å². The van der Waals surface area contributed by atoms with Crippen molar-refractivity contribution in [3.8, 4) is 0 Å². The third-order valence-corrected chi connectivity index (χ3v) is 5.16. The Bertz CT molecular complexity index is 941. The molecule has 23 heavy (non-hydrogen) atoms. The molecular weight excluding hydrogens is 330 g/mol. The number of fused-ring (bicyclic) bond motifs is 2. The second-order valence-electron chi connectivity index (χ2n) is 5.41. The lowest BCUT2D eigenvalue weighted by molar-refractivity contribution is 0.771. The van der Waals surface area contributed by atoms with E-state index in [1.807, 2.05) is 23.9 Å². The molecule has 3 aromatic rings. The maximum atomic E-state index is 12.2. The lowest BCUT2D eigenvalue weighted by atomic mass is 10.2. The summed E-state index contributed by atoms with van der Waals surface area (Å²) in [4.78, 5) is 23.2. The SMILES string of the molecule is O=c1[nH]c(CN2CCSc3ccccc32)nc2cc(Cl)ccc12. The average molecular weight is 344 g/mol. The Morgan fingerprint density at radius 2 is 2.13 bits per heavy atom. The largest absolute Gasteiger partial charge is 0.362 e. The average Bonchev–Trinajstić information content (AvgIpc) is 2.55. The predicted molar refractivity (Wildman–Crippen MR) is 95.6 cm³/mol. The maximum Gasteiger partial charge on any atom is 0.258 e. The minimum Gasteiger partial charge on any atom is -0.362 e. The number of aromatic amines is 1. The fourth-order valence-electron chi connectivity index (χ4n) is 2.81. The Balaban J connectivity index is 1.73. The third-order valence-electron chi connectivity index (χ3n) is 3.88. The van der Waals surface area contributed by atoms with E-state index in [2.05, 4.69) is 27.0 Å². The van der Waals surface area contributed by atoms with Crippen LogP contribution in [0.1, 0.15) is 5.82 Å². The van der Waals surface area contributed by atoms with Crippen LogP contribution in [0, 0.1) is 0 Å². The van der Waals surface area contributed by atoms with Gasteiger partial charge in [0, 0.05) is 22.2 Å². The molecule has 0 spiro atoms. The number of para-hydroxylation sites is 1. The molecule has 2 heterocycles. The Kier molecular flexibility index (Phi) is 3.75. The smallest absolute Gasteiger partial charge is 0.258 e. The molecule has 1 aromatic heterocycles. The number of benzene rings is 2. The van der Waals surface area contributed by atoms with Crippen molar-refractivity contribution in [2.75, 3.05) is 17.2 Å². The molecule has 4 rings (SSSR count). The quantitative estimate of drug-likeness (QED) is 0.771. The van der Waals surface area contributed by atoms with Gasteiger partial charge in [0.15, 0.2) is 0 Å². The summed E-state index contributed by atoms with van der Waals surface area (Å²) in [6.45, 7) is 1.51. The van der Waals surface area contributed by atoms with Gasteiger partial charge in [0.25, 0.3) is 5.56 Å². The van der Waals surface area contributed by atoms with Gasteiger partial charge in [0.05, 0.1) is 23.1 Å². The molecule has 2 aromatic carbocycles. The van der Waals surface area contributed by atoms with E-state index in [-0.39, 0.29) is 5.56 Å². The van der Waals surface area contributed by atoms with Crippen molar-refractivity contribution in [2.45, 2.75) is 11.4 Å². The third kappa shape index (κ3) is 2.82. The lowest BCUT2D eigenvalue weighted by Crippen LogP contribution is -2.30. The first-order valence-corrected chi connectivity index (χ1v) is 8.72. The van der Waals surface area contributed by atoms with Crippen molar-refractivity contribution in [1.82, 2.24) is 9.97 Å². The van der Waals surface area contributed by atoms with Crippen LogP contribution in [-0.4, -0.2) is 22.3 Å². The molecule has 0 atom stereocenters. The van der Waals surface area contributed by atoms with Crippen molar-refractivity contribution >= 4 is 40.0 Å². The summed E-state index contributed by atoms with van der Waals surface area (Å²) >= 11 is 7.88. The number of anilines is 1. The molecule has 0 radical (unpaired) electrons. The Morgan fingerprint density at radius 3 is 3.04 bits per heavy atom. The summed E-state index contributed by atoms with van der Waals surface area (Å²) in [6, 6.07) is 13.5. The summed E-state index contributed by atoms with van der Waals surface area (Å²) < 4.78 is 0. The summed E-state index contributed by atoms with van der Waals surface area (Å²) in [7, 11) is 0. The van der Waals surface area contributed by atoms with Gasteiger partial charge in [-0.1, -0.05) is 23.7 Å². The molecular formula is C17H14ClN3OS. The molecule has 1 aliphatic heterocycles. The van der Waals surface area contributed by atoms with E-state index in [0.717, 1.165) is 12.3 Å². The van der Waals surface area contributed by atoms with Crippen LogP contribution < -0.4 is 10.5 Å². The Labute approximate surface area is 142 Å². The van der Waals surface area contributed by atoms with Crippen LogP contribution in [0.4, 0.5) is 5.69 Å². The van der Waals surface area contributed by atoms with Gasteiger partial charge in [0.1, 0.15) is 5.82 Å². The van der Waals surface area contributed by atoms with Gasteiger partial charge in [-0.15, -0.1) is 11.8 Å². The molecule has 1 aliphatic rings. The first-order chi connectivity index (χ1) is 11.2. The van der Waals surface area contributed by atoms with E-state index in [4.69, 9.17) is 11.6 Å². The second kappa shape index (κ2) is 5.91. The Hall–Kier alpha value is -1.98. The minimum absolute atomic E-state index is 0.124. The van der Waals surface area contributed by atoms with Crippen molar-refractivity contribution < 1.29 is 0 Å². The monoisotopic (exact) mass is 343 g/mol. The molecule has 0 aliphatic carbocycles. The molecule has 0 saturated heterocycles. The standard InChI is InChI=1S/C17H14ClN3OS/c18-11-5-6-12-13(9-11)19-16(20-17(12)22)10-21-7-8-23-15-4-2-1-3-14(15)21/h1-6,9H,7-8,10H2,(H,19,20,22). The van der Waals surface area contributed by atoms with Gasteiger partial charge < -0.3 is 9.88 Å². The number of H-pyrrole nitrogens is 1. The summed E-state index contributed by atoms with van der Waals surface area (Å²) in [5, 5.41) is 1.15. The number of hydrogen-bond donors (Lipinski definition) is 1. The predicted octanol–water partition coefficient (Wildman–Crippen LogP) is 3.69. The topological polar surface area (TPSA) is 49.0 Å². The van der Waals surface area contributed by atoms with E-state index in [1.54, 1.807) is 18.2 Å². The van der Waals surface area contributed by atoms with E-state index in [9.17, 15) is 4.79 Å². The molecule has 0 saturated carbocycles. The van der Waals surface area contributed by atoms with Gasteiger partial charge in [-0.2, -0.15) is 0 Å². The van der Waals surface area contributed by atoms with Gasteiger partial charge in [-0.25, -0.2) is 4.98 Å². The normalized spacial score (nSPS) is 14.0. The number of aromatic nitrogens is 2. The van der Waals surface area contributed by atoms with Gasteiger partial charge in [-0.05, 0) is 30.3 Å². The van der Waals surface area contributed by atoms with Crippen molar-refractivity contribution in [3.63, 3.8) is 0 Å². The highest BCUT2D eigenvalue weighted by Crippen LogP contribution is 2.34. The van der Waals surface area contributed by atoms with Crippen molar-refractivity contribution in [2.24, 2.45) is 0 Å². The van der Waals surface area contributed by atoms with Crippen LogP contribution in [0.3, 0.4) is 0 Å². The molecule has 0 bridgehead atoms. The van der Waals surface area contributed by atoms with Crippen LogP contribution >= 0.6 is 23.4 Å². The highest BCUT2D eigenvalue weighted by molar-refractivity contribution is 7.99. The summed E-state index contributed by atoms with van der Waals surface area (Å²) in [5.74, 6) is 1.69. The van der Waals surface area contributed by atoms with Crippen molar-refractivity contribution in [1.29, 1.82) is 0 Å². The number of nitrogens with zero attached hydrogens (tertiary/aromatic N) is 2. The molecule has 0 unspecified atom stereocenters. The van der Waals surface area contributed by atoms with E-state index < -0.39 is 0 Å². The number of hydrogen-bond acceptors (Lipinski definition) is 4. The zero-order valence-corrected chi connectivity index (χ0v) is 13.8. The highest BCUT2D eigenvalue weighted by atomic mass is 35.5. The van der Waals surface area contributed by atoms with Crippen LogP contribution in [0.25, 0.3) is 10.9 Å². The minimum atomic E-state index is -0.124. The number of rotatable bonds is 2. The van der Waals surface area contributed by atoms with E-state index >= 15 is 0 Å². The Morgan fingerprint density at radius 1 is 1.26 bits per heavy atom. The van der Waals surface area contributed by atoms with Crippen LogP contribution in [-0.2, 0) is 6.54 Å². The maximum absolute atomic E-state index is 12.2. The molecule has 116 valence electrons. The van der Waals surface area contributed by atoms with Crippen LogP contribution in [0.2, 0.25) is 5.02 Å². The zero-order valence-electron chi connectivity index (χ0n) is 12.3. The molecule has 6 heteroatoms.